The first-order valence-corrected chi connectivity index (χ1v) is 17.9. The molecule has 16 heteroatoms. The van der Waals surface area contributed by atoms with E-state index in [4.69, 9.17) is 0 Å². The van der Waals surface area contributed by atoms with Gasteiger partial charge in [-0.2, -0.15) is 0 Å². The topological polar surface area (TPSA) is 189 Å². The molecular formula is C28H31Na3O10S3. The fraction of sp³-hybridized carbons (Fsp3) is 0.464. The fourth-order valence-corrected chi connectivity index (χ4v) is 8.51. The van der Waals surface area contributed by atoms with Crippen LogP contribution in [0.2, 0.25) is 0 Å². The van der Waals surface area contributed by atoms with E-state index in [0.29, 0.717) is 24.6 Å². The minimum absolute atomic E-state index is 0. The van der Waals surface area contributed by atoms with Gasteiger partial charge in [0.2, 0.25) is 0 Å². The van der Waals surface area contributed by atoms with Gasteiger partial charge in [0, 0.05) is 10.6 Å². The Balaban J connectivity index is 0.00000323. The van der Waals surface area contributed by atoms with Crippen LogP contribution < -0.4 is 93.9 Å². The molecule has 0 saturated carbocycles. The molecule has 224 valence electrons. The molecule has 0 saturated heterocycles. The maximum Gasteiger partial charge on any atom is 1.00 e. The van der Waals surface area contributed by atoms with Crippen LogP contribution >= 0.6 is 0 Å². The SMILES string of the molecule is CCCCCCCC(CCCC)c1cc2c(S(=O)(=O)[O-])ccc3ccc4c(c1=C(S(=O)(=O)[O-])C(=O)C4S(=O)(=O)[O-])c32.[Na+].[Na+].[Na+]. The van der Waals surface area contributed by atoms with Crippen molar-refractivity contribution in [3.05, 3.63) is 46.7 Å². The first-order valence-electron chi connectivity index (χ1n) is 13.6. The first kappa shape index (κ1) is 42.6. The summed E-state index contributed by atoms with van der Waals surface area (Å²) in [6, 6.07) is 6.33. The van der Waals surface area contributed by atoms with E-state index < -0.39 is 57.1 Å². The van der Waals surface area contributed by atoms with Crippen molar-refractivity contribution in [1.82, 2.24) is 0 Å². The average molecular weight is 693 g/mol. The second kappa shape index (κ2) is 16.8. The van der Waals surface area contributed by atoms with Gasteiger partial charge in [-0.05, 0) is 58.2 Å². The van der Waals surface area contributed by atoms with Crippen molar-refractivity contribution < 1.29 is 132 Å². The van der Waals surface area contributed by atoms with Gasteiger partial charge >= 0.3 is 88.7 Å². The van der Waals surface area contributed by atoms with E-state index in [0.717, 1.165) is 44.6 Å². The molecule has 0 amide bonds. The molecular weight excluding hydrogens is 661 g/mol. The summed E-state index contributed by atoms with van der Waals surface area (Å²) >= 11 is 0. The summed E-state index contributed by atoms with van der Waals surface area (Å²) in [6.45, 7) is 4.02. The van der Waals surface area contributed by atoms with Crippen molar-refractivity contribution in [1.29, 1.82) is 0 Å². The average Bonchev–Trinajstić information content (AvgIpc) is 2.86. The number of carbonyl (C=O) groups excluding carboxylic acids is 1. The summed E-state index contributed by atoms with van der Waals surface area (Å²) in [6.07, 6.45) is 7.03. The number of benzene rings is 3. The Kier molecular flexibility index (Phi) is 16.3. The molecule has 0 N–H and O–H groups in total. The van der Waals surface area contributed by atoms with Crippen molar-refractivity contribution in [3.8, 4) is 0 Å². The Hall–Kier alpha value is 0.580. The smallest absolute Gasteiger partial charge is 0.747 e. The van der Waals surface area contributed by atoms with Gasteiger partial charge in [0.25, 0.3) is 0 Å². The van der Waals surface area contributed by atoms with Crippen LogP contribution in [0.5, 0.6) is 0 Å². The second-order valence-corrected chi connectivity index (χ2v) is 14.7. The van der Waals surface area contributed by atoms with Crippen molar-refractivity contribution in [2.75, 3.05) is 0 Å². The van der Waals surface area contributed by atoms with Crippen LogP contribution in [0.15, 0.2) is 35.2 Å². The summed E-state index contributed by atoms with van der Waals surface area (Å²) in [5.41, 5.74) is -0.166. The zero-order chi connectivity index (χ0) is 30.3. The summed E-state index contributed by atoms with van der Waals surface area (Å²) in [7, 11) is -16.2. The summed E-state index contributed by atoms with van der Waals surface area (Å²) in [5, 5.41) is -2.77. The Morgan fingerprint density at radius 1 is 0.727 bits per heavy atom. The van der Waals surface area contributed by atoms with E-state index in [1.165, 1.54) is 24.3 Å². The maximum atomic E-state index is 13.5. The van der Waals surface area contributed by atoms with Crippen LogP contribution in [-0.4, -0.2) is 44.7 Å². The van der Waals surface area contributed by atoms with Crippen molar-refractivity contribution in [3.63, 3.8) is 0 Å². The molecule has 0 spiro atoms. The molecule has 0 heterocycles. The van der Waals surface area contributed by atoms with E-state index in [-0.39, 0.29) is 121 Å². The summed E-state index contributed by atoms with van der Waals surface area (Å²) < 4.78 is 112. The molecule has 1 aliphatic rings. The van der Waals surface area contributed by atoms with Crippen molar-refractivity contribution >= 4 is 62.6 Å². The van der Waals surface area contributed by atoms with Gasteiger partial charge in [-0.25, -0.2) is 25.3 Å². The zero-order valence-electron chi connectivity index (χ0n) is 25.7. The van der Waals surface area contributed by atoms with Crippen LogP contribution in [0.25, 0.3) is 26.5 Å². The Morgan fingerprint density at radius 3 is 1.84 bits per heavy atom. The van der Waals surface area contributed by atoms with Crippen LogP contribution in [-0.2, 0) is 35.1 Å². The quantitative estimate of drug-likeness (QED) is 0.0954. The number of Topliss-reactive ketones (excluding diaryl/α,β-unsaturated/α-hetero) is 1. The van der Waals surface area contributed by atoms with Crippen LogP contribution in [0, 0.1) is 0 Å². The van der Waals surface area contributed by atoms with Gasteiger partial charge in [-0.15, -0.1) is 0 Å². The molecule has 2 unspecified atom stereocenters. The van der Waals surface area contributed by atoms with Crippen molar-refractivity contribution in [2.24, 2.45) is 0 Å². The number of rotatable bonds is 13. The zero-order valence-corrected chi connectivity index (χ0v) is 34.2. The number of ketones is 1. The first-order chi connectivity index (χ1) is 19.1. The molecule has 3 aromatic rings. The Morgan fingerprint density at radius 2 is 1.30 bits per heavy atom. The third-order valence-corrected chi connectivity index (χ3v) is 10.7. The van der Waals surface area contributed by atoms with E-state index in [1.807, 2.05) is 6.92 Å². The number of hydrogen-bond donors (Lipinski definition) is 0. The summed E-state index contributed by atoms with van der Waals surface area (Å²) in [5.74, 6) is -2.08. The molecule has 0 radical (unpaired) electrons. The van der Waals surface area contributed by atoms with Gasteiger partial charge in [0.05, 0.1) is 4.90 Å². The Labute approximate surface area is 325 Å². The largest absolute Gasteiger partial charge is 1.00 e. The summed E-state index contributed by atoms with van der Waals surface area (Å²) in [4.78, 5) is 11.5. The van der Waals surface area contributed by atoms with E-state index in [1.54, 1.807) is 0 Å². The third-order valence-electron chi connectivity index (χ3n) is 7.84. The predicted octanol–water partition coefficient (Wildman–Crippen LogP) is -4.92. The standard InChI is InChI=1S/C28H34O10S3.3Na/c1-3-5-7-8-9-11-17(10-6-4-2)20-16-21-22(39(30,31)32)15-13-18-12-14-19-24(23(18)21)25(20)28(41(36,37)38)26(29)27(19)40(33,34)35;;;/h12-17,27H,3-11H2,1-2H3,(H,30,31,32)(H,33,34,35)(H,36,37,38);;;/q;3*+1/p-3. The molecule has 0 bridgehead atoms. The third kappa shape index (κ3) is 8.78. The molecule has 10 nitrogen and oxygen atoms in total. The van der Waals surface area contributed by atoms with E-state index in [9.17, 15) is 43.7 Å². The molecule has 0 fully saturated rings. The maximum absolute atomic E-state index is 13.5. The molecule has 3 aromatic carbocycles. The van der Waals surface area contributed by atoms with Crippen molar-refractivity contribution in [2.45, 2.75) is 87.7 Å². The molecule has 44 heavy (non-hydrogen) atoms. The normalized spacial score (nSPS) is 15.9. The Bertz CT molecular complexity index is 1910. The minimum atomic E-state index is -5.61. The van der Waals surface area contributed by atoms with E-state index >= 15 is 0 Å². The van der Waals surface area contributed by atoms with Gasteiger partial charge in [0.1, 0.15) is 40.5 Å². The monoisotopic (exact) mass is 692 g/mol. The van der Waals surface area contributed by atoms with Gasteiger partial charge in [-0.1, -0.05) is 77.0 Å². The van der Waals surface area contributed by atoms with Crippen LogP contribution in [0.3, 0.4) is 0 Å². The van der Waals surface area contributed by atoms with Crippen LogP contribution in [0.4, 0.5) is 0 Å². The molecule has 1 aliphatic carbocycles. The molecule has 2 atom stereocenters. The van der Waals surface area contributed by atoms with Gasteiger partial charge in [-0.3, -0.25) is 4.79 Å². The molecule has 0 aromatic heterocycles. The van der Waals surface area contributed by atoms with Gasteiger partial charge < -0.3 is 13.7 Å². The van der Waals surface area contributed by atoms with Crippen LogP contribution in [0.1, 0.15) is 93.9 Å². The predicted molar refractivity (Wildman–Crippen MR) is 151 cm³/mol. The number of unbranched alkanes of at least 4 members (excludes halogenated alkanes) is 5. The number of carbonyl (C=O) groups is 1. The van der Waals surface area contributed by atoms with Gasteiger partial charge in [0.15, 0.2) is 5.78 Å². The fourth-order valence-electron chi connectivity index (χ4n) is 6.05. The molecule has 0 aliphatic heterocycles. The van der Waals surface area contributed by atoms with E-state index in [2.05, 4.69) is 6.92 Å². The second-order valence-electron chi connectivity index (χ2n) is 10.6. The minimum Gasteiger partial charge on any atom is -0.747 e. The molecule has 4 rings (SSSR count). The number of hydrogen-bond acceptors (Lipinski definition) is 10.